The van der Waals surface area contributed by atoms with E-state index in [1.807, 2.05) is 137 Å². The summed E-state index contributed by atoms with van der Waals surface area (Å²) >= 11 is 0. The van der Waals surface area contributed by atoms with Crippen molar-refractivity contribution < 1.29 is 32.2 Å². The lowest BCUT2D eigenvalue weighted by atomic mass is 9.30. The second kappa shape index (κ2) is 21.4. The van der Waals surface area contributed by atoms with Crippen molar-refractivity contribution in [2.45, 2.75) is 78.6 Å². The monoisotopic (exact) mass is 1250 g/mol. The number of ether oxygens (including phenoxy) is 1. The number of anilines is 6. The first-order valence-corrected chi connectivity index (χ1v) is 32.5. The Bertz CT molecular complexity index is 6610. The highest BCUT2D eigenvalue weighted by Gasteiger charge is 2.51. The maximum Gasteiger partial charge on any atom is 0.256 e. The predicted molar refractivity (Wildman–Crippen MR) is 409 cm³/mol. The highest BCUT2D eigenvalue weighted by molar-refractivity contribution is 7.03. The van der Waals surface area contributed by atoms with Crippen LogP contribution in [0, 0.1) is 0 Å². The third-order valence-electron chi connectivity index (χ3n) is 19.6. The molecule has 96 heavy (non-hydrogen) atoms. The van der Waals surface area contributed by atoms with Gasteiger partial charge in [0.15, 0.2) is 0 Å². The molecular formula is C90H73B2N3O. The molecule has 4 nitrogen and oxygen atoms in total. The molecule has 4 aliphatic rings. The normalized spacial score (nSPS) is 16.4. The summed E-state index contributed by atoms with van der Waals surface area (Å²) in [6, 6.07) is 38.5. The molecule has 0 unspecified atom stereocenters. The Kier molecular flexibility index (Phi) is 8.99. The van der Waals surface area contributed by atoms with Crippen LogP contribution >= 0.6 is 0 Å². The van der Waals surface area contributed by atoms with Gasteiger partial charge in [-0.1, -0.05) is 280 Å². The van der Waals surface area contributed by atoms with Gasteiger partial charge in [0.2, 0.25) is 0 Å². The third kappa shape index (κ3) is 8.84. The Hall–Kier alpha value is -10.8. The largest absolute Gasteiger partial charge is 0.459 e. The maximum absolute atomic E-state index is 12.1. The minimum Gasteiger partial charge on any atom is -0.459 e. The van der Waals surface area contributed by atoms with E-state index < -0.39 is 167 Å². The molecule has 0 amide bonds. The smallest absolute Gasteiger partial charge is 0.256 e. The number of nitrogens with zero attached hydrogens (tertiary/aromatic N) is 3. The van der Waals surface area contributed by atoms with Crippen molar-refractivity contribution in [3.8, 4) is 72.8 Å². The second-order valence-corrected chi connectivity index (χ2v) is 28.4. The fraction of sp³-hybridized carbons (Fsp3) is 0.133. The van der Waals surface area contributed by atoms with Gasteiger partial charge in [0.25, 0.3) is 13.4 Å². The Morgan fingerprint density at radius 1 is 0.344 bits per heavy atom. The molecule has 0 saturated heterocycles. The van der Waals surface area contributed by atoms with Crippen molar-refractivity contribution in [2.24, 2.45) is 0 Å². The third-order valence-corrected chi connectivity index (χ3v) is 19.6. The van der Waals surface area contributed by atoms with Gasteiger partial charge in [-0.15, -0.1) is 0 Å². The average Bonchev–Trinajstić information content (AvgIpc) is 1.36. The van der Waals surface area contributed by atoms with Crippen LogP contribution in [0.15, 0.2) is 279 Å². The first-order chi connectivity index (χ1) is 54.9. The van der Waals surface area contributed by atoms with Crippen LogP contribution < -0.4 is 47.3 Å². The molecule has 4 aliphatic heterocycles. The van der Waals surface area contributed by atoms with Gasteiger partial charge in [0, 0.05) is 67.0 Å². The topological polar surface area (TPSA) is 20.6 Å². The van der Waals surface area contributed by atoms with Crippen LogP contribution in [-0.4, -0.2) is 18.0 Å². The van der Waals surface area contributed by atoms with E-state index in [4.69, 9.17) is 6.11 Å². The molecule has 0 saturated carbocycles. The SMILES string of the molecule is [2H]c1c([2H])c([2H])c(-c2c([2H])c([2H])c3c(c2[2H])N(c2c(-c4ccccc4)cc(C(C)(C)C)cc2-c2ccccc2)c2cc(C(C)(C)C)cc4c2B3c2c3c5c(c([2H])c2N4c2c(-c4ccccc4)cc(C(C)(C)C)cc2-c2ccccc2)-n2c4c([2H])c([2H])c([2H])c([2H])c4c4c([2H])c([2H])c([2H])c(c42)B5c2c([2H])c([2H])c([2H])c([2H])c2O3)c([2H])c1[2H]. The van der Waals surface area contributed by atoms with Crippen LogP contribution in [-0.2, 0) is 16.2 Å². The maximum atomic E-state index is 12.1. The number of benzene rings is 13. The lowest BCUT2D eigenvalue weighted by Gasteiger charge is -2.48. The second-order valence-electron chi connectivity index (χ2n) is 28.4. The molecule has 0 aliphatic carbocycles. The van der Waals surface area contributed by atoms with Gasteiger partial charge in [-0.3, -0.25) is 0 Å². The molecule has 6 heteroatoms. The molecule has 1 aromatic heterocycles. The lowest BCUT2D eigenvalue weighted by Crippen LogP contribution is -2.65. The van der Waals surface area contributed by atoms with Crippen molar-refractivity contribution in [1.29, 1.82) is 0 Å². The molecule has 14 aromatic rings. The Morgan fingerprint density at radius 3 is 1.34 bits per heavy atom. The summed E-state index contributed by atoms with van der Waals surface area (Å²) in [4.78, 5) is 3.94. The quantitative estimate of drug-likeness (QED) is 0.148. The number of hydrogen-bond donors (Lipinski definition) is 0. The number of rotatable bonds is 7. The van der Waals surface area contributed by atoms with Gasteiger partial charge in [-0.25, -0.2) is 0 Å². The molecule has 0 radical (unpaired) electrons. The standard InChI is InChI=1S/C90H73B2N3O/c1-88(2,3)62-49-67(57-32-17-11-18-33-57)84(68(50-62)58-34-19-12-20-35-58)94-75-48-61(56-30-15-10-16-31-56)46-47-71(75)92-81-76(94)53-64(90(7,8)9)54-77(81)95(85-69(59-36-21-13-22-37-59)51-63(89(4,5)6)52-70(85)60-38-23-14-24-39-60)79-55-78-82-87(83(79)92)96-80-45-28-26-42-72(80)91(82)73-43-29-41-66-65-40-25-27-44-74(65)93(78)86(66)73/h10-55H,1-9H3/i10D,15D,16D,25D,26D,27D,28D,29D,30D,31D,40D,41D,42D,43D,44D,45D,46D,47D,48D,55D. The van der Waals surface area contributed by atoms with E-state index in [0.717, 1.165) is 33.4 Å². The van der Waals surface area contributed by atoms with Gasteiger partial charge in [0.05, 0.1) is 44.3 Å². The van der Waals surface area contributed by atoms with Gasteiger partial charge < -0.3 is 19.1 Å². The Labute approximate surface area is 593 Å². The van der Waals surface area contributed by atoms with Crippen molar-refractivity contribution in [2.75, 3.05) is 9.80 Å². The van der Waals surface area contributed by atoms with Crippen molar-refractivity contribution in [3.63, 3.8) is 0 Å². The number of para-hydroxylation sites is 3. The molecule has 0 N–H and O–H groups in total. The predicted octanol–water partition coefficient (Wildman–Crippen LogP) is 20.0. The minimum atomic E-state index is -1.66. The highest BCUT2D eigenvalue weighted by Crippen LogP contribution is 2.56. The van der Waals surface area contributed by atoms with Crippen molar-refractivity contribution in [3.05, 3.63) is 295 Å². The van der Waals surface area contributed by atoms with Crippen LogP contribution in [0.4, 0.5) is 34.1 Å². The lowest BCUT2D eigenvalue weighted by molar-refractivity contribution is 0.491. The van der Waals surface area contributed by atoms with E-state index in [1.54, 1.807) is 0 Å². The summed E-state index contributed by atoms with van der Waals surface area (Å²) in [5.41, 5.74) is 6.03. The van der Waals surface area contributed by atoms with Gasteiger partial charge >= 0.3 is 0 Å². The van der Waals surface area contributed by atoms with Crippen LogP contribution in [0.1, 0.15) is 106 Å². The molecular weight excluding hydrogens is 1160 g/mol. The van der Waals surface area contributed by atoms with Crippen LogP contribution in [0.3, 0.4) is 0 Å². The first-order valence-electron chi connectivity index (χ1n) is 42.5. The summed E-state index contributed by atoms with van der Waals surface area (Å²) in [5, 5.41) is -0.399. The molecule has 460 valence electrons. The minimum absolute atomic E-state index is 0.0150. The molecule has 0 atom stereocenters. The number of hydrogen-bond acceptors (Lipinski definition) is 3. The average molecular weight is 1250 g/mol. The van der Waals surface area contributed by atoms with E-state index in [1.165, 1.54) is 4.57 Å². The fourth-order valence-electron chi connectivity index (χ4n) is 14.9. The van der Waals surface area contributed by atoms with E-state index in [-0.39, 0.29) is 71.9 Å². The first kappa shape index (κ1) is 40.4. The molecule has 0 spiro atoms. The van der Waals surface area contributed by atoms with Gasteiger partial charge in [0.1, 0.15) is 11.5 Å². The van der Waals surface area contributed by atoms with E-state index in [0.29, 0.717) is 56.0 Å². The van der Waals surface area contributed by atoms with Crippen molar-refractivity contribution >= 4 is 102 Å². The van der Waals surface area contributed by atoms with E-state index in [9.17, 15) is 26.0 Å². The van der Waals surface area contributed by atoms with Gasteiger partial charge in [-0.05, 0) is 160 Å². The van der Waals surface area contributed by atoms with Crippen molar-refractivity contribution in [1.82, 2.24) is 4.57 Å². The Morgan fingerprint density at radius 2 is 0.802 bits per heavy atom. The zero-order valence-electron chi connectivity index (χ0n) is 74.4. The van der Waals surface area contributed by atoms with E-state index in [2.05, 4.69) is 92.6 Å². The highest BCUT2D eigenvalue weighted by atomic mass is 16.5. The molecule has 13 aromatic carbocycles. The van der Waals surface area contributed by atoms with Gasteiger partial charge in [-0.2, -0.15) is 0 Å². The summed E-state index contributed by atoms with van der Waals surface area (Å²) < 4.78 is 210. The molecule has 0 bridgehead atoms. The number of aromatic nitrogens is 1. The molecule has 5 heterocycles. The fourth-order valence-corrected chi connectivity index (χ4v) is 14.9. The van der Waals surface area contributed by atoms with Crippen LogP contribution in [0.5, 0.6) is 11.5 Å². The summed E-state index contributed by atoms with van der Waals surface area (Å²) in [7, 11) is 0. The summed E-state index contributed by atoms with van der Waals surface area (Å²) in [6.45, 7) is 15.6. The van der Waals surface area contributed by atoms with Crippen LogP contribution in [0.2, 0.25) is 0 Å². The number of fused-ring (bicyclic) bond motifs is 12. The zero-order chi connectivity index (χ0) is 82.5. The molecule has 0 fully saturated rings. The van der Waals surface area contributed by atoms with Crippen LogP contribution in [0.25, 0.3) is 83.1 Å². The molecule has 18 rings (SSSR count). The Balaban J connectivity index is 1.16. The zero-order valence-corrected chi connectivity index (χ0v) is 54.4. The summed E-state index contributed by atoms with van der Waals surface area (Å²) in [6.07, 6.45) is 0. The van der Waals surface area contributed by atoms with E-state index >= 15 is 0 Å². The summed E-state index contributed by atoms with van der Waals surface area (Å²) in [5.74, 6) is -0.652.